The van der Waals surface area contributed by atoms with Crippen LogP contribution in [0, 0.1) is 0 Å². The van der Waals surface area contributed by atoms with E-state index in [1.807, 2.05) is 73.0 Å². The second-order valence-corrected chi connectivity index (χ2v) is 11.6. The largest absolute Gasteiger partial charge is 0.495 e. The lowest BCUT2D eigenvalue weighted by molar-refractivity contribution is -0.113. The lowest BCUT2D eigenvalue weighted by Gasteiger charge is -2.13. The Bertz CT molecular complexity index is 1530. The summed E-state index contributed by atoms with van der Waals surface area (Å²) in [6, 6.07) is 23.2. The van der Waals surface area contributed by atoms with Crippen LogP contribution in [-0.4, -0.2) is 48.0 Å². The minimum absolute atomic E-state index is 0.0839. The van der Waals surface area contributed by atoms with Gasteiger partial charge < -0.3 is 15.4 Å². The van der Waals surface area contributed by atoms with Crippen molar-refractivity contribution in [3.05, 3.63) is 84.7 Å². The van der Waals surface area contributed by atoms with Gasteiger partial charge in [0.1, 0.15) is 5.75 Å². The van der Waals surface area contributed by atoms with Crippen LogP contribution < -0.4 is 20.1 Å². The zero-order valence-electron chi connectivity index (χ0n) is 22.5. The van der Waals surface area contributed by atoms with Gasteiger partial charge in [0, 0.05) is 17.4 Å². The minimum atomic E-state index is -3.62. The molecule has 0 radical (unpaired) electrons. The first-order valence-electron chi connectivity index (χ1n) is 12.7. The van der Waals surface area contributed by atoms with E-state index in [2.05, 4.69) is 25.6 Å². The number of methoxy groups -OCH3 is 1. The standard InChI is InChI=1S/C28H32N6O4S2/c1-4-20(2)33-40(36,37)23-16-14-21(15-17-23)30-27(35)19-39-28-32-31-26(34(28)22-10-6-5-7-11-22)18-29-24-12-8-9-13-25(24)38-3/h5-17,20,29,33H,4,18-19H2,1-3H3,(H,30,35). The Morgan fingerprint density at radius 1 is 1.00 bits per heavy atom. The Morgan fingerprint density at radius 3 is 2.40 bits per heavy atom. The van der Waals surface area contributed by atoms with Crippen molar-refractivity contribution in [3.8, 4) is 11.4 Å². The van der Waals surface area contributed by atoms with Crippen LogP contribution in [0.1, 0.15) is 26.1 Å². The Kier molecular flexibility index (Phi) is 9.80. The maximum atomic E-state index is 12.7. The van der Waals surface area contributed by atoms with E-state index in [9.17, 15) is 13.2 Å². The second-order valence-electron chi connectivity index (χ2n) is 8.92. The number of para-hydroxylation sites is 3. The van der Waals surface area contributed by atoms with Gasteiger partial charge in [0.2, 0.25) is 15.9 Å². The molecule has 40 heavy (non-hydrogen) atoms. The van der Waals surface area contributed by atoms with E-state index in [0.29, 0.717) is 29.6 Å². The third-order valence-corrected chi connectivity index (χ3v) is 8.54. The number of rotatable bonds is 13. The summed E-state index contributed by atoms with van der Waals surface area (Å²) in [6.45, 7) is 4.10. The van der Waals surface area contributed by atoms with Crippen LogP contribution in [0.25, 0.3) is 5.69 Å². The highest BCUT2D eigenvalue weighted by Crippen LogP contribution is 2.26. The van der Waals surface area contributed by atoms with Crippen molar-refractivity contribution in [1.29, 1.82) is 0 Å². The predicted molar refractivity (Wildman–Crippen MR) is 158 cm³/mol. The normalized spacial score (nSPS) is 12.1. The Balaban J connectivity index is 1.43. The number of amides is 1. The molecule has 4 aromatic rings. The number of ether oxygens (including phenoxy) is 1. The Labute approximate surface area is 238 Å². The first-order chi connectivity index (χ1) is 19.3. The van der Waals surface area contributed by atoms with Crippen molar-refractivity contribution >= 4 is 39.1 Å². The van der Waals surface area contributed by atoms with E-state index < -0.39 is 10.0 Å². The number of thioether (sulfide) groups is 1. The molecule has 3 aromatic carbocycles. The van der Waals surface area contributed by atoms with Crippen molar-refractivity contribution in [2.75, 3.05) is 23.5 Å². The third kappa shape index (κ3) is 7.40. The molecule has 0 bridgehead atoms. The molecule has 1 unspecified atom stereocenters. The highest BCUT2D eigenvalue weighted by Gasteiger charge is 2.18. The molecule has 0 aliphatic heterocycles. The number of anilines is 2. The molecule has 0 spiro atoms. The summed E-state index contributed by atoms with van der Waals surface area (Å²) in [4.78, 5) is 12.9. The van der Waals surface area contributed by atoms with E-state index in [0.717, 1.165) is 17.1 Å². The fourth-order valence-electron chi connectivity index (χ4n) is 3.77. The van der Waals surface area contributed by atoms with Gasteiger partial charge in [0.15, 0.2) is 11.0 Å². The Hall–Kier alpha value is -3.87. The molecule has 10 nitrogen and oxygen atoms in total. The molecule has 4 rings (SSSR count). The number of benzene rings is 3. The van der Waals surface area contributed by atoms with Crippen molar-refractivity contribution in [3.63, 3.8) is 0 Å². The number of hydrogen-bond acceptors (Lipinski definition) is 8. The van der Waals surface area contributed by atoms with Gasteiger partial charge in [-0.05, 0) is 61.9 Å². The molecule has 1 heterocycles. The summed E-state index contributed by atoms with van der Waals surface area (Å²) in [5.41, 5.74) is 2.20. The summed E-state index contributed by atoms with van der Waals surface area (Å²) in [6.07, 6.45) is 0.683. The smallest absolute Gasteiger partial charge is 0.240 e. The van der Waals surface area contributed by atoms with Crippen LogP contribution in [0.2, 0.25) is 0 Å². The number of carbonyl (C=O) groups is 1. The van der Waals surface area contributed by atoms with Gasteiger partial charge in [-0.1, -0.05) is 49.0 Å². The van der Waals surface area contributed by atoms with Crippen LogP contribution in [0.4, 0.5) is 11.4 Å². The maximum absolute atomic E-state index is 12.7. The topological polar surface area (TPSA) is 127 Å². The van der Waals surface area contributed by atoms with Gasteiger partial charge >= 0.3 is 0 Å². The third-order valence-electron chi connectivity index (χ3n) is 6.01. The molecule has 12 heteroatoms. The molecule has 0 fully saturated rings. The maximum Gasteiger partial charge on any atom is 0.240 e. The molecule has 0 aliphatic rings. The molecule has 0 aliphatic carbocycles. The quantitative estimate of drug-likeness (QED) is 0.194. The molecule has 1 atom stereocenters. The zero-order chi connectivity index (χ0) is 28.5. The number of aromatic nitrogens is 3. The summed E-state index contributed by atoms with van der Waals surface area (Å²) < 4.78 is 34.9. The number of sulfonamides is 1. The van der Waals surface area contributed by atoms with Gasteiger partial charge in [0.05, 0.1) is 30.0 Å². The predicted octanol–water partition coefficient (Wildman–Crippen LogP) is 4.70. The first-order valence-corrected chi connectivity index (χ1v) is 15.2. The fourth-order valence-corrected chi connectivity index (χ4v) is 5.87. The van der Waals surface area contributed by atoms with Crippen molar-refractivity contribution in [1.82, 2.24) is 19.5 Å². The molecule has 0 saturated carbocycles. The lowest BCUT2D eigenvalue weighted by atomic mass is 10.3. The van der Waals surface area contributed by atoms with Crippen LogP contribution in [0.3, 0.4) is 0 Å². The Morgan fingerprint density at radius 2 is 1.70 bits per heavy atom. The second kappa shape index (κ2) is 13.5. The monoisotopic (exact) mass is 580 g/mol. The van der Waals surface area contributed by atoms with Crippen LogP contribution in [-0.2, 0) is 21.4 Å². The zero-order valence-corrected chi connectivity index (χ0v) is 24.1. The SMILES string of the molecule is CCC(C)NS(=O)(=O)c1ccc(NC(=O)CSc2nnc(CNc3ccccc3OC)n2-c2ccccc2)cc1. The summed E-state index contributed by atoms with van der Waals surface area (Å²) >= 11 is 1.26. The molecular formula is C28H32N6O4S2. The number of nitrogens with one attached hydrogen (secondary N) is 3. The van der Waals surface area contributed by atoms with E-state index in [-0.39, 0.29) is 22.6 Å². The lowest BCUT2D eigenvalue weighted by Crippen LogP contribution is -2.31. The fraction of sp³-hybridized carbons (Fsp3) is 0.250. The van der Waals surface area contributed by atoms with Gasteiger partial charge in [-0.3, -0.25) is 9.36 Å². The van der Waals surface area contributed by atoms with E-state index in [4.69, 9.17) is 4.74 Å². The first kappa shape index (κ1) is 29.1. The van der Waals surface area contributed by atoms with Crippen LogP contribution in [0.15, 0.2) is 88.9 Å². The molecule has 0 saturated heterocycles. The van der Waals surface area contributed by atoms with E-state index in [1.54, 1.807) is 19.2 Å². The molecular weight excluding hydrogens is 548 g/mol. The van der Waals surface area contributed by atoms with Gasteiger partial charge in [-0.25, -0.2) is 13.1 Å². The molecule has 3 N–H and O–H groups in total. The number of carbonyl (C=O) groups excluding carboxylic acids is 1. The highest BCUT2D eigenvalue weighted by atomic mass is 32.2. The van der Waals surface area contributed by atoms with Gasteiger partial charge in [0.25, 0.3) is 0 Å². The van der Waals surface area contributed by atoms with Gasteiger partial charge in [-0.15, -0.1) is 10.2 Å². The van der Waals surface area contributed by atoms with Gasteiger partial charge in [-0.2, -0.15) is 0 Å². The average molecular weight is 581 g/mol. The molecule has 1 aromatic heterocycles. The summed E-state index contributed by atoms with van der Waals surface area (Å²) in [5.74, 6) is 1.22. The van der Waals surface area contributed by atoms with Crippen LogP contribution in [0.5, 0.6) is 5.75 Å². The number of hydrogen-bond donors (Lipinski definition) is 3. The summed E-state index contributed by atoms with van der Waals surface area (Å²) in [5, 5.41) is 15.4. The summed E-state index contributed by atoms with van der Waals surface area (Å²) in [7, 11) is -2.00. The molecule has 210 valence electrons. The van der Waals surface area contributed by atoms with E-state index in [1.165, 1.54) is 23.9 Å². The van der Waals surface area contributed by atoms with Crippen molar-refractivity contribution in [2.45, 2.75) is 42.9 Å². The number of nitrogens with zero attached hydrogens (tertiary/aromatic N) is 3. The average Bonchev–Trinajstić information content (AvgIpc) is 3.38. The van der Waals surface area contributed by atoms with Crippen molar-refractivity contribution in [2.24, 2.45) is 0 Å². The van der Waals surface area contributed by atoms with Crippen LogP contribution >= 0.6 is 11.8 Å². The minimum Gasteiger partial charge on any atom is -0.495 e. The van der Waals surface area contributed by atoms with Crippen molar-refractivity contribution < 1.29 is 17.9 Å². The highest BCUT2D eigenvalue weighted by molar-refractivity contribution is 7.99. The van der Waals surface area contributed by atoms with E-state index >= 15 is 0 Å². The molecule has 1 amide bonds.